The van der Waals surface area contributed by atoms with Gasteiger partial charge in [-0.25, -0.2) is 0 Å². The summed E-state index contributed by atoms with van der Waals surface area (Å²) in [5, 5.41) is 18.1. The Bertz CT molecular complexity index is 949. The predicted octanol–water partition coefficient (Wildman–Crippen LogP) is 2.93. The molecule has 1 amide bonds. The number of H-pyrrole nitrogens is 1. The van der Waals surface area contributed by atoms with Crippen LogP contribution in [0.2, 0.25) is 0 Å². The van der Waals surface area contributed by atoms with Crippen LogP contribution >= 0.6 is 0 Å². The molecule has 0 saturated carbocycles. The Morgan fingerprint density at radius 2 is 2.00 bits per heavy atom. The molecule has 0 aliphatic heterocycles. The number of ether oxygens (including phenoxy) is 1. The summed E-state index contributed by atoms with van der Waals surface area (Å²) in [7, 11) is 1.64. The Hall–Kier alpha value is -3.42. The number of non-ortho nitro benzene ring substituents is 1. The molecule has 0 unspecified atom stereocenters. The summed E-state index contributed by atoms with van der Waals surface area (Å²) in [5.74, 6) is 0.404. The van der Waals surface area contributed by atoms with Crippen LogP contribution in [0.5, 0.6) is 5.75 Å². The van der Waals surface area contributed by atoms with Crippen LogP contribution in [0.15, 0.2) is 42.5 Å². The second-order valence-corrected chi connectivity index (χ2v) is 5.95. The van der Waals surface area contributed by atoms with Crippen LogP contribution < -0.4 is 4.74 Å². The lowest BCUT2D eigenvalue weighted by Gasteiger charge is -2.16. The lowest BCUT2D eigenvalue weighted by Crippen LogP contribution is -2.31. The van der Waals surface area contributed by atoms with E-state index in [0.29, 0.717) is 24.1 Å². The first-order chi connectivity index (χ1) is 12.5. The molecule has 134 valence electrons. The molecule has 0 bridgehead atoms. The van der Waals surface area contributed by atoms with Gasteiger partial charge in [0.25, 0.3) is 11.6 Å². The molecule has 0 radical (unpaired) electrons. The third kappa shape index (κ3) is 3.64. The van der Waals surface area contributed by atoms with Gasteiger partial charge in [-0.3, -0.25) is 20.0 Å². The summed E-state index contributed by atoms with van der Waals surface area (Å²) in [6.07, 6.45) is 0. The smallest absolute Gasteiger partial charge is 0.274 e. The molecular formula is C18H18N4O4. The lowest BCUT2D eigenvalue weighted by molar-refractivity contribution is -0.384. The second kappa shape index (κ2) is 7.22. The number of aromatic amines is 1. The van der Waals surface area contributed by atoms with Crippen LogP contribution in [0.1, 0.15) is 16.1 Å². The molecule has 1 heterocycles. The third-order valence-corrected chi connectivity index (χ3v) is 4.02. The first kappa shape index (κ1) is 17.4. The van der Waals surface area contributed by atoms with Crippen molar-refractivity contribution in [3.8, 4) is 5.75 Å². The van der Waals surface area contributed by atoms with Crippen molar-refractivity contribution in [3.05, 3.63) is 63.8 Å². The van der Waals surface area contributed by atoms with Crippen molar-refractivity contribution in [1.29, 1.82) is 0 Å². The highest BCUT2D eigenvalue weighted by atomic mass is 16.6. The maximum Gasteiger partial charge on any atom is 0.274 e. The van der Waals surface area contributed by atoms with Gasteiger partial charge < -0.3 is 9.64 Å². The topological polar surface area (TPSA) is 101 Å². The summed E-state index contributed by atoms with van der Waals surface area (Å²) < 4.78 is 5.63. The van der Waals surface area contributed by atoms with Crippen molar-refractivity contribution in [2.75, 3.05) is 20.2 Å². The van der Waals surface area contributed by atoms with Gasteiger partial charge in [-0.05, 0) is 25.1 Å². The Kier molecular flexibility index (Phi) is 4.83. The Balaban J connectivity index is 1.68. The number of benzene rings is 2. The van der Waals surface area contributed by atoms with Crippen molar-refractivity contribution in [1.82, 2.24) is 15.1 Å². The van der Waals surface area contributed by atoms with E-state index in [1.165, 1.54) is 23.1 Å². The minimum atomic E-state index is -0.500. The molecule has 0 aliphatic carbocycles. The summed E-state index contributed by atoms with van der Waals surface area (Å²) in [6, 6.07) is 11.9. The fourth-order valence-electron chi connectivity index (χ4n) is 2.50. The number of nitro benzene ring substituents is 1. The number of carbonyl (C=O) groups is 1. The van der Waals surface area contributed by atoms with Gasteiger partial charge in [-0.1, -0.05) is 17.7 Å². The second-order valence-electron chi connectivity index (χ2n) is 5.95. The van der Waals surface area contributed by atoms with E-state index in [2.05, 4.69) is 10.2 Å². The monoisotopic (exact) mass is 354 g/mol. The van der Waals surface area contributed by atoms with Gasteiger partial charge in [0.2, 0.25) is 0 Å². The highest BCUT2D eigenvalue weighted by molar-refractivity contribution is 6.05. The highest BCUT2D eigenvalue weighted by Crippen LogP contribution is 2.22. The van der Waals surface area contributed by atoms with Crippen LogP contribution in [-0.2, 0) is 0 Å². The lowest BCUT2D eigenvalue weighted by atomic mass is 10.2. The minimum absolute atomic E-state index is 0.0849. The maximum atomic E-state index is 12.6. The van der Waals surface area contributed by atoms with Gasteiger partial charge in [0.1, 0.15) is 12.4 Å². The minimum Gasteiger partial charge on any atom is -0.492 e. The number of aryl methyl sites for hydroxylation is 1. The predicted molar refractivity (Wildman–Crippen MR) is 96.4 cm³/mol. The largest absolute Gasteiger partial charge is 0.492 e. The van der Waals surface area contributed by atoms with Gasteiger partial charge >= 0.3 is 0 Å². The van der Waals surface area contributed by atoms with Crippen LogP contribution in [0.3, 0.4) is 0 Å². The summed E-state index contributed by atoms with van der Waals surface area (Å²) in [4.78, 5) is 24.5. The van der Waals surface area contributed by atoms with Gasteiger partial charge in [0.15, 0.2) is 5.69 Å². The molecule has 26 heavy (non-hydrogen) atoms. The normalized spacial score (nSPS) is 10.7. The van der Waals surface area contributed by atoms with Gasteiger partial charge in [-0.2, -0.15) is 5.10 Å². The molecule has 2 aromatic carbocycles. The zero-order chi connectivity index (χ0) is 18.7. The van der Waals surface area contributed by atoms with E-state index in [-0.39, 0.29) is 17.3 Å². The van der Waals surface area contributed by atoms with Crippen LogP contribution in [-0.4, -0.2) is 46.1 Å². The number of nitrogens with one attached hydrogen (secondary N) is 1. The number of hydrogen-bond donors (Lipinski definition) is 1. The molecule has 3 rings (SSSR count). The number of rotatable bonds is 6. The van der Waals surface area contributed by atoms with Crippen LogP contribution in [0, 0.1) is 17.0 Å². The van der Waals surface area contributed by atoms with E-state index in [4.69, 9.17) is 4.74 Å². The standard InChI is InChI=1S/C18H18N4O4/c1-12-3-6-14(7-4-12)26-10-9-21(2)18(23)17-15-11-13(22(24)25)5-8-16(15)19-20-17/h3-8,11H,9-10H2,1-2H3,(H,19,20). The Morgan fingerprint density at radius 3 is 2.69 bits per heavy atom. The molecule has 0 saturated heterocycles. The number of nitro groups is 1. The third-order valence-electron chi connectivity index (χ3n) is 4.02. The van der Waals surface area contributed by atoms with Gasteiger partial charge in [0, 0.05) is 24.6 Å². The molecule has 0 fully saturated rings. The molecule has 8 nitrogen and oxygen atoms in total. The number of carbonyl (C=O) groups excluding carboxylic acids is 1. The molecule has 0 atom stereocenters. The number of nitrogens with zero attached hydrogens (tertiary/aromatic N) is 3. The summed E-state index contributed by atoms with van der Waals surface area (Å²) in [5.41, 5.74) is 1.78. The first-order valence-electron chi connectivity index (χ1n) is 8.03. The van der Waals surface area contributed by atoms with E-state index in [1.54, 1.807) is 7.05 Å². The van der Waals surface area contributed by atoms with E-state index in [9.17, 15) is 14.9 Å². The number of aromatic nitrogens is 2. The van der Waals surface area contributed by atoms with Crippen molar-refractivity contribution in [3.63, 3.8) is 0 Å². The van der Waals surface area contributed by atoms with Crippen LogP contribution in [0.25, 0.3) is 10.9 Å². The highest BCUT2D eigenvalue weighted by Gasteiger charge is 2.20. The zero-order valence-corrected chi connectivity index (χ0v) is 14.4. The average molecular weight is 354 g/mol. The fourth-order valence-corrected chi connectivity index (χ4v) is 2.50. The quantitative estimate of drug-likeness (QED) is 0.542. The maximum absolute atomic E-state index is 12.6. The number of amides is 1. The average Bonchev–Trinajstić information content (AvgIpc) is 3.05. The molecular weight excluding hydrogens is 336 g/mol. The molecule has 0 aliphatic rings. The number of likely N-dealkylation sites (N-methyl/N-ethyl adjacent to an activating group) is 1. The SMILES string of the molecule is Cc1ccc(OCCN(C)C(=O)c2n[nH]c3ccc([N+](=O)[O-])cc23)cc1. The molecule has 0 spiro atoms. The first-order valence-corrected chi connectivity index (χ1v) is 8.03. The van der Waals surface area contributed by atoms with Crippen molar-refractivity contribution < 1.29 is 14.5 Å². The van der Waals surface area contributed by atoms with Gasteiger partial charge in [-0.15, -0.1) is 0 Å². The van der Waals surface area contributed by atoms with E-state index < -0.39 is 4.92 Å². The Morgan fingerprint density at radius 1 is 1.27 bits per heavy atom. The summed E-state index contributed by atoms with van der Waals surface area (Å²) >= 11 is 0. The molecule has 1 aromatic heterocycles. The fraction of sp³-hybridized carbons (Fsp3) is 0.222. The van der Waals surface area contributed by atoms with Gasteiger partial charge in [0.05, 0.1) is 17.0 Å². The summed E-state index contributed by atoms with van der Waals surface area (Å²) in [6.45, 7) is 2.68. The van der Waals surface area contributed by atoms with Crippen LogP contribution in [0.4, 0.5) is 5.69 Å². The molecule has 3 aromatic rings. The zero-order valence-electron chi connectivity index (χ0n) is 14.4. The van der Waals surface area contributed by atoms with Crippen molar-refractivity contribution in [2.24, 2.45) is 0 Å². The van der Waals surface area contributed by atoms with Crippen molar-refractivity contribution >= 4 is 22.5 Å². The van der Waals surface area contributed by atoms with E-state index >= 15 is 0 Å². The molecule has 1 N–H and O–H groups in total. The molecule has 8 heteroatoms. The van der Waals surface area contributed by atoms with E-state index in [0.717, 1.165) is 11.3 Å². The number of hydrogen-bond acceptors (Lipinski definition) is 5. The Labute approximate surface area is 149 Å². The number of fused-ring (bicyclic) bond motifs is 1. The van der Waals surface area contributed by atoms with Crippen molar-refractivity contribution in [2.45, 2.75) is 6.92 Å². The van der Waals surface area contributed by atoms with E-state index in [1.807, 2.05) is 31.2 Å².